The molecular formula is C22H23N3O3S2. The minimum absolute atomic E-state index is 0.0793. The number of pyridine rings is 1. The number of amides is 2. The molecule has 0 aliphatic carbocycles. The first-order chi connectivity index (χ1) is 14.5. The van der Waals surface area contributed by atoms with Gasteiger partial charge in [0.2, 0.25) is 5.91 Å². The summed E-state index contributed by atoms with van der Waals surface area (Å²) in [7, 11) is 0. The fourth-order valence-electron chi connectivity index (χ4n) is 3.46. The van der Waals surface area contributed by atoms with Crippen molar-refractivity contribution in [2.24, 2.45) is 0 Å². The molecule has 156 valence electrons. The fourth-order valence-corrected chi connectivity index (χ4v) is 5.40. The number of hydrogen-bond donors (Lipinski definition) is 1. The molecule has 0 bridgehead atoms. The van der Waals surface area contributed by atoms with E-state index in [-0.39, 0.29) is 17.6 Å². The molecule has 1 aromatic carbocycles. The zero-order valence-corrected chi connectivity index (χ0v) is 18.6. The van der Waals surface area contributed by atoms with Crippen molar-refractivity contribution in [1.82, 2.24) is 9.88 Å². The van der Waals surface area contributed by atoms with Gasteiger partial charge in [-0.3, -0.25) is 9.59 Å². The molecule has 0 radical (unpaired) electrons. The number of ether oxygens (including phenoxy) is 1. The second kappa shape index (κ2) is 9.16. The molecule has 1 N–H and O–H groups in total. The zero-order valence-electron chi connectivity index (χ0n) is 16.9. The van der Waals surface area contributed by atoms with Crippen LogP contribution in [0.5, 0.6) is 0 Å². The lowest BCUT2D eigenvalue weighted by Gasteiger charge is -2.26. The van der Waals surface area contributed by atoms with Gasteiger partial charge in [-0.05, 0) is 37.6 Å². The summed E-state index contributed by atoms with van der Waals surface area (Å²) >= 11 is 2.81. The van der Waals surface area contributed by atoms with Gasteiger partial charge in [0.05, 0.1) is 24.7 Å². The monoisotopic (exact) mass is 441 g/mol. The average Bonchev–Trinajstić information content (AvgIpc) is 3.11. The van der Waals surface area contributed by atoms with Gasteiger partial charge in [0.15, 0.2) is 0 Å². The minimum atomic E-state index is -0.139. The zero-order chi connectivity index (χ0) is 21.1. The number of morpholine rings is 1. The molecule has 30 heavy (non-hydrogen) atoms. The second-order valence-electron chi connectivity index (χ2n) is 7.12. The van der Waals surface area contributed by atoms with Crippen molar-refractivity contribution >= 4 is 50.8 Å². The van der Waals surface area contributed by atoms with E-state index in [1.54, 1.807) is 4.90 Å². The number of carbonyl (C=O) groups excluding carboxylic acids is 2. The maximum Gasteiger partial charge on any atom is 0.266 e. The maximum absolute atomic E-state index is 13.2. The number of aromatic nitrogens is 1. The van der Waals surface area contributed by atoms with Crippen LogP contribution in [0, 0.1) is 13.8 Å². The highest BCUT2D eigenvalue weighted by molar-refractivity contribution is 8.00. The van der Waals surface area contributed by atoms with Crippen molar-refractivity contribution in [2.75, 3.05) is 37.4 Å². The molecule has 0 saturated carbocycles. The molecule has 4 rings (SSSR count). The predicted molar refractivity (Wildman–Crippen MR) is 122 cm³/mol. The Hall–Kier alpha value is -2.42. The van der Waals surface area contributed by atoms with Gasteiger partial charge in [-0.15, -0.1) is 23.1 Å². The van der Waals surface area contributed by atoms with E-state index in [9.17, 15) is 9.59 Å². The number of aryl methyl sites for hydroxylation is 2. The Labute approximate surface area is 183 Å². The lowest BCUT2D eigenvalue weighted by atomic mass is 10.1. The third-order valence-electron chi connectivity index (χ3n) is 4.86. The molecule has 0 unspecified atom stereocenters. The third kappa shape index (κ3) is 4.50. The molecule has 3 heterocycles. The van der Waals surface area contributed by atoms with Crippen LogP contribution < -0.4 is 5.32 Å². The summed E-state index contributed by atoms with van der Waals surface area (Å²) in [4.78, 5) is 34.7. The topological polar surface area (TPSA) is 71.5 Å². The predicted octanol–water partition coefficient (Wildman–Crippen LogP) is 4.12. The number of nitrogens with zero attached hydrogens (tertiary/aromatic N) is 2. The van der Waals surface area contributed by atoms with Crippen molar-refractivity contribution in [3.8, 4) is 0 Å². The summed E-state index contributed by atoms with van der Waals surface area (Å²) < 4.78 is 5.37. The van der Waals surface area contributed by atoms with Crippen LogP contribution in [0.1, 0.15) is 20.9 Å². The van der Waals surface area contributed by atoms with Crippen molar-refractivity contribution in [2.45, 2.75) is 18.7 Å². The first kappa shape index (κ1) is 20.8. The van der Waals surface area contributed by atoms with Crippen molar-refractivity contribution in [1.29, 1.82) is 0 Å². The highest BCUT2D eigenvalue weighted by Crippen LogP contribution is 2.38. The van der Waals surface area contributed by atoms with Crippen molar-refractivity contribution in [3.05, 3.63) is 52.5 Å². The van der Waals surface area contributed by atoms with E-state index < -0.39 is 0 Å². The van der Waals surface area contributed by atoms with Gasteiger partial charge < -0.3 is 15.0 Å². The Bertz CT molecular complexity index is 1080. The van der Waals surface area contributed by atoms with Crippen LogP contribution in [-0.4, -0.2) is 53.8 Å². The first-order valence-corrected chi connectivity index (χ1v) is 11.6. The lowest BCUT2D eigenvalue weighted by Crippen LogP contribution is -2.40. The molecule has 0 atom stereocenters. The molecule has 2 amide bonds. The quantitative estimate of drug-likeness (QED) is 0.603. The molecule has 1 aliphatic rings. The normalized spacial score (nSPS) is 14.1. The van der Waals surface area contributed by atoms with Gasteiger partial charge in [-0.2, -0.15) is 0 Å². The van der Waals surface area contributed by atoms with Crippen molar-refractivity contribution in [3.63, 3.8) is 0 Å². The maximum atomic E-state index is 13.2. The molecule has 8 heteroatoms. The summed E-state index contributed by atoms with van der Waals surface area (Å²) in [6.07, 6.45) is 0. The summed E-state index contributed by atoms with van der Waals surface area (Å²) in [5, 5.41) is 3.86. The van der Waals surface area contributed by atoms with Crippen LogP contribution in [0.2, 0.25) is 0 Å². The van der Waals surface area contributed by atoms with E-state index in [0.29, 0.717) is 36.9 Å². The molecule has 1 fully saturated rings. The SMILES string of the molecule is Cc1cc(C)c2c(NC(=O)CSc3ccccc3)c(C(=O)N3CCOCC3)sc2n1. The van der Waals surface area contributed by atoms with E-state index in [2.05, 4.69) is 10.3 Å². The molecule has 2 aromatic heterocycles. The Morgan fingerprint density at radius 3 is 2.67 bits per heavy atom. The largest absolute Gasteiger partial charge is 0.378 e. The number of thioether (sulfide) groups is 1. The van der Waals surface area contributed by atoms with Crippen LogP contribution in [0.15, 0.2) is 41.3 Å². The standard InChI is InChI=1S/C22H23N3O3S2/c1-14-12-15(2)23-21-18(14)19(20(30-21)22(27)25-8-10-28-11-9-25)24-17(26)13-29-16-6-4-3-5-7-16/h3-7,12H,8-11,13H2,1-2H3,(H,24,26). The van der Waals surface area contributed by atoms with Gasteiger partial charge in [-0.25, -0.2) is 4.98 Å². The molecule has 3 aromatic rings. The van der Waals surface area contributed by atoms with E-state index in [0.717, 1.165) is 26.4 Å². The molecule has 0 spiro atoms. The van der Waals surface area contributed by atoms with Gasteiger partial charge in [0.25, 0.3) is 5.91 Å². The van der Waals surface area contributed by atoms with Crippen LogP contribution in [0.4, 0.5) is 5.69 Å². The summed E-state index contributed by atoms with van der Waals surface area (Å²) in [5.41, 5.74) is 2.47. The van der Waals surface area contributed by atoms with E-state index in [4.69, 9.17) is 4.74 Å². The van der Waals surface area contributed by atoms with Gasteiger partial charge in [-0.1, -0.05) is 18.2 Å². The summed E-state index contributed by atoms with van der Waals surface area (Å²) in [6.45, 7) is 6.09. The highest BCUT2D eigenvalue weighted by Gasteiger charge is 2.27. The number of carbonyl (C=O) groups is 2. The molecule has 1 saturated heterocycles. The molecule has 6 nitrogen and oxygen atoms in total. The lowest BCUT2D eigenvalue weighted by molar-refractivity contribution is -0.113. The number of fused-ring (bicyclic) bond motifs is 1. The number of hydrogen-bond acceptors (Lipinski definition) is 6. The van der Waals surface area contributed by atoms with Crippen LogP contribution in [0.25, 0.3) is 10.2 Å². The first-order valence-electron chi connectivity index (χ1n) is 9.78. The number of thiophene rings is 1. The van der Waals surface area contributed by atoms with E-state index in [1.165, 1.54) is 23.1 Å². The van der Waals surface area contributed by atoms with Gasteiger partial charge in [0, 0.05) is 29.1 Å². The Morgan fingerprint density at radius 1 is 1.20 bits per heavy atom. The van der Waals surface area contributed by atoms with Crippen LogP contribution >= 0.6 is 23.1 Å². The average molecular weight is 442 g/mol. The van der Waals surface area contributed by atoms with Crippen molar-refractivity contribution < 1.29 is 14.3 Å². The number of nitrogens with one attached hydrogen (secondary N) is 1. The Kier molecular flexibility index (Phi) is 6.36. The highest BCUT2D eigenvalue weighted by atomic mass is 32.2. The number of rotatable bonds is 5. The number of benzene rings is 1. The second-order valence-corrected chi connectivity index (χ2v) is 9.17. The number of anilines is 1. The molecular weight excluding hydrogens is 418 g/mol. The smallest absolute Gasteiger partial charge is 0.266 e. The van der Waals surface area contributed by atoms with Gasteiger partial charge >= 0.3 is 0 Å². The van der Waals surface area contributed by atoms with E-state index in [1.807, 2.05) is 50.2 Å². The molecule has 1 aliphatic heterocycles. The van der Waals surface area contributed by atoms with Crippen LogP contribution in [0.3, 0.4) is 0 Å². The summed E-state index contributed by atoms with van der Waals surface area (Å²) in [6, 6.07) is 11.8. The van der Waals surface area contributed by atoms with Gasteiger partial charge in [0.1, 0.15) is 9.71 Å². The van der Waals surface area contributed by atoms with Crippen LogP contribution in [-0.2, 0) is 9.53 Å². The Balaban J connectivity index is 1.64. The summed E-state index contributed by atoms with van der Waals surface area (Å²) in [5.74, 6) is 0.0501. The Morgan fingerprint density at radius 2 is 1.93 bits per heavy atom. The van der Waals surface area contributed by atoms with E-state index >= 15 is 0 Å². The fraction of sp³-hybridized carbons (Fsp3) is 0.318. The third-order valence-corrected chi connectivity index (χ3v) is 6.94. The minimum Gasteiger partial charge on any atom is -0.378 e.